The molecule has 86 valence electrons. The molecular weight excluding hydrogens is 276 g/mol. The molecule has 0 saturated heterocycles. The minimum Gasteiger partial charge on any atom is -0.383 e. The Morgan fingerprint density at radius 2 is 1.47 bits per heavy atom. The molecule has 1 atom stereocenters. The second kappa shape index (κ2) is 5.80. The van der Waals surface area contributed by atoms with Crippen LogP contribution in [0.3, 0.4) is 0 Å². The molecule has 0 amide bonds. The van der Waals surface area contributed by atoms with Crippen LogP contribution in [-0.4, -0.2) is 5.11 Å². The van der Waals surface area contributed by atoms with E-state index in [0.29, 0.717) is 0 Å². The van der Waals surface area contributed by atoms with Crippen molar-refractivity contribution in [2.75, 3.05) is 0 Å². The molecule has 1 unspecified atom stereocenters. The first-order valence-corrected chi connectivity index (χ1v) is 6.22. The van der Waals surface area contributed by atoms with E-state index < -0.39 is 6.10 Å². The van der Waals surface area contributed by atoms with Gasteiger partial charge in [0.1, 0.15) is 6.10 Å². The van der Waals surface area contributed by atoms with Gasteiger partial charge in [0, 0.05) is 4.48 Å². The van der Waals surface area contributed by atoms with Crippen molar-refractivity contribution in [2.24, 2.45) is 0 Å². The predicted octanol–water partition coefficient (Wildman–Crippen LogP) is 4.16. The molecule has 17 heavy (non-hydrogen) atoms. The van der Waals surface area contributed by atoms with Crippen LogP contribution in [0, 0.1) is 0 Å². The molecule has 0 aliphatic carbocycles. The number of halogens is 1. The molecule has 0 heterocycles. The third-order valence-electron chi connectivity index (χ3n) is 2.48. The van der Waals surface area contributed by atoms with Crippen LogP contribution in [0.4, 0.5) is 0 Å². The normalized spacial score (nSPS) is 13.4. The average Bonchev–Trinajstić information content (AvgIpc) is 2.40. The van der Waals surface area contributed by atoms with Crippen molar-refractivity contribution in [2.45, 2.75) is 6.10 Å². The van der Waals surface area contributed by atoms with E-state index in [9.17, 15) is 5.11 Å². The van der Waals surface area contributed by atoms with E-state index >= 15 is 0 Å². The van der Waals surface area contributed by atoms with E-state index in [1.54, 1.807) is 0 Å². The van der Waals surface area contributed by atoms with Gasteiger partial charge < -0.3 is 5.11 Å². The first-order valence-electron chi connectivity index (χ1n) is 5.42. The third kappa shape index (κ3) is 3.29. The molecule has 2 aromatic carbocycles. The number of hydrogen-bond acceptors (Lipinski definition) is 1. The van der Waals surface area contributed by atoms with Gasteiger partial charge >= 0.3 is 0 Å². The fraction of sp³-hybridized carbons (Fsp3) is 0.0667. The Bertz CT molecular complexity index is 491. The zero-order valence-electron chi connectivity index (χ0n) is 9.25. The van der Waals surface area contributed by atoms with Crippen LogP contribution in [-0.2, 0) is 0 Å². The summed E-state index contributed by atoms with van der Waals surface area (Å²) < 4.78 is 0.759. The summed E-state index contributed by atoms with van der Waals surface area (Å²) in [7, 11) is 0. The van der Waals surface area contributed by atoms with Gasteiger partial charge in [0.25, 0.3) is 0 Å². The Morgan fingerprint density at radius 1 is 0.941 bits per heavy atom. The van der Waals surface area contributed by atoms with E-state index in [1.165, 1.54) is 0 Å². The summed E-state index contributed by atoms with van der Waals surface area (Å²) in [6, 6.07) is 19.5. The number of aliphatic hydroxyl groups is 1. The molecule has 0 aliphatic heterocycles. The maximum Gasteiger partial charge on any atom is 0.110 e. The molecule has 0 spiro atoms. The second-order valence-corrected chi connectivity index (χ2v) is 4.67. The number of benzene rings is 2. The maximum atomic E-state index is 10.1. The Morgan fingerprint density at radius 3 is 2.06 bits per heavy atom. The lowest BCUT2D eigenvalue weighted by Crippen LogP contribution is -1.96. The van der Waals surface area contributed by atoms with E-state index in [-0.39, 0.29) is 0 Å². The first kappa shape index (κ1) is 12.1. The van der Waals surface area contributed by atoms with Gasteiger partial charge in [-0.05, 0) is 17.2 Å². The van der Waals surface area contributed by atoms with E-state index in [1.807, 2.05) is 66.7 Å². The van der Waals surface area contributed by atoms with Gasteiger partial charge in [-0.3, -0.25) is 0 Å². The van der Waals surface area contributed by atoms with Crippen molar-refractivity contribution in [3.8, 4) is 0 Å². The zero-order chi connectivity index (χ0) is 12.1. The molecule has 2 rings (SSSR count). The fourth-order valence-corrected chi connectivity index (χ4v) is 2.11. The molecule has 2 aromatic rings. The van der Waals surface area contributed by atoms with Gasteiger partial charge in [0.05, 0.1) is 0 Å². The highest BCUT2D eigenvalue weighted by Gasteiger charge is 2.09. The summed E-state index contributed by atoms with van der Waals surface area (Å²) in [4.78, 5) is 0. The lowest BCUT2D eigenvalue weighted by molar-refractivity contribution is 0.226. The number of hydrogen-bond donors (Lipinski definition) is 1. The van der Waals surface area contributed by atoms with Crippen LogP contribution in [0.1, 0.15) is 17.2 Å². The number of aliphatic hydroxyl groups excluding tert-OH is 1. The number of rotatable bonds is 3. The quantitative estimate of drug-likeness (QED) is 0.899. The Hall–Kier alpha value is -1.38. The predicted molar refractivity (Wildman–Crippen MR) is 74.7 cm³/mol. The summed E-state index contributed by atoms with van der Waals surface area (Å²) in [6.45, 7) is 0. The van der Waals surface area contributed by atoms with Crippen molar-refractivity contribution in [1.82, 2.24) is 0 Å². The van der Waals surface area contributed by atoms with Gasteiger partial charge in [-0.15, -0.1) is 0 Å². The Kier molecular flexibility index (Phi) is 4.13. The minimum absolute atomic E-state index is 0.614. The summed E-state index contributed by atoms with van der Waals surface area (Å²) in [6.07, 6.45) is 1.31. The Balaban J connectivity index is 2.21. The molecule has 0 radical (unpaired) electrons. The molecule has 2 heteroatoms. The van der Waals surface area contributed by atoms with Gasteiger partial charge in [-0.25, -0.2) is 0 Å². The van der Waals surface area contributed by atoms with E-state index in [2.05, 4.69) is 15.9 Å². The highest BCUT2D eigenvalue weighted by molar-refractivity contribution is 9.11. The molecular formula is C15H13BrO. The first-order chi connectivity index (χ1) is 8.27. The molecule has 0 bridgehead atoms. The van der Waals surface area contributed by atoms with E-state index in [0.717, 1.165) is 15.6 Å². The summed E-state index contributed by atoms with van der Waals surface area (Å²) >= 11 is 3.43. The van der Waals surface area contributed by atoms with Gasteiger partial charge in [0.2, 0.25) is 0 Å². The lowest BCUT2D eigenvalue weighted by atomic mass is 10.1. The second-order valence-electron chi connectivity index (χ2n) is 3.75. The lowest BCUT2D eigenvalue weighted by Gasteiger charge is -2.10. The molecule has 1 N–H and O–H groups in total. The standard InChI is InChI=1S/C15H13BrO/c16-14(11-12-7-3-1-4-8-12)15(17)13-9-5-2-6-10-13/h1-11,15,17H/b14-11-. The molecule has 0 aromatic heterocycles. The van der Waals surface area contributed by atoms with Crippen LogP contribution in [0.15, 0.2) is 65.1 Å². The SMILES string of the molecule is OC(/C(Br)=C/c1ccccc1)c1ccccc1. The van der Waals surface area contributed by atoms with Crippen molar-refractivity contribution in [3.63, 3.8) is 0 Å². The van der Waals surface area contributed by atoms with E-state index in [4.69, 9.17) is 0 Å². The van der Waals surface area contributed by atoms with Gasteiger partial charge in [0.15, 0.2) is 0 Å². The smallest absolute Gasteiger partial charge is 0.110 e. The van der Waals surface area contributed by atoms with Crippen LogP contribution in [0.25, 0.3) is 6.08 Å². The fourth-order valence-electron chi connectivity index (χ4n) is 1.58. The van der Waals surface area contributed by atoms with Crippen molar-refractivity contribution in [1.29, 1.82) is 0 Å². The van der Waals surface area contributed by atoms with Crippen LogP contribution < -0.4 is 0 Å². The molecule has 0 aliphatic rings. The largest absolute Gasteiger partial charge is 0.383 e. The molecule has 1 nitrogen and oxygen atoms in total. The van der Waals surface area contributed by atoms with Crippen LogP contribution >= 0.6 is 15.9 Å². The highest BCUT2D eigenvalue weighted by atomic mass is 79.9. The third-order valence-corrected chi connectivity index (χ3v) is 3.14. The topological polar surface area (TPSA) is 20.2 Å². The minimum atomic E-state index is -0.614. The van der Waals surface area contributed by atoms with Crippen molar-refractivity contribution < 1.29 is 5.11 Å². The van der Waals surface area contributed by atoms with Crippen molar-refractivity contribution >= 4 is 22.0 Å². The van der Waals surface area contributed by atoms with Crippen molar-refractivity contribution in [3.05, 3.63) is 76.3 Å². The highest BCUT2D eigenvalue weighted by Crippen LogP contribution is 2.27. The van der Waals surface area contributed by atoms with Crippen LogP contribution in [0.2, 0.25) is 0 Å². The summed E-state index contributed by atoms with van der Waals surface area (Å²) in [5, 5.41) is 10.1. The average molecular weight is 289 g/mol. The molecule has 0 saturated carbocycles. The Labute approximate surface area is 110 Å². The van der Waals surface area contributed by atoms with Crippen LogP contribution in [0.5, 0.6) is 0 Å². The maximum absolute atomic E-state index is 10.1. The molecule has 0 fully saturated rings. The zero-order valence-corrected chi connectivity index (χ0v) is 10.8. The summed E-state index contributed by atoms with van der Waals surface area (Å²) in [5.74, 6) is 0. The summed E-state index contributed by atoms with van der Waals surface area (Å²) in [5.41, 5.74) is 1.95. The monoisotopic (exact) mass is 288 g/mol. The van der Waals surface area contributed by atoms with Gasteiger partial charge in [-0.2, -0.15) is 0 Å². The van der Waals surface area contributed by atoms with Gasteiger partial charge in [-0.1, -0.05) is 76.6 Å².